The smallest absolute Gasteiger partial charge is 0.319 e. The Hall–Kier alpha value is -1.21. The Bertz CT molecular complexity index is 505. The third-order valence-corrected chi connectivity index (χ3v) is 3.50. The van der Waals surface area contributed by atoms with E-state index >= 15 is 0 Å². The summed E-state index contributed by atoms with van der Waals surface area (Å²) in [6.07, 6.45) is 0.678. The number of halogens is 3. The van der Waals surface area contributed by atoms with Crippen LogP contribution in [0.4, 0.5) is 19.3 Å². The molecule has 2 N–H and O–H groups in total. The third-order valence-electron chi connectivity index (χ3n) is 2.89. The lowest BCUT2D eigenvalue weighted by atomic mass is 10.0. The highest BCUT2D eigenvalue weighted by molar-refractivity contribution is 9.10. The standard InChI is InChI=1S/C12H13BrF2N2O2/c1-12(2-3-19-6-12)17-11(18)16-10-5-8(14)7(13)4-9(10)15/h4-5H,2-3,6H2,1H3,(H2,16,17,18)/t12-/m1/s1. The van der Waals surface area contributed by atoms with Gasteiger partial charge in [0.15, 0.2) is 0 Å². The van der Waals surface area contributed by atoms with E-state index in [1.807, 2.05) is 6.92 Å². The van der Waals surface area contributed by atoms with Crippen LogP contribution in [-0.2, 0) is 4.74 Å². The van der Waals surface area contributed by atoms with Gasteiger partial charge >= 0.3 is 6.03 Å². The summed E-state index contributed by atoms with van der Waals surface area (Å²) in [6.45, 7) is 2.80. The van der Waals surface area contributed by atoms with Crippen LogP contribution in [0.5, 0.6) is 0 Å². The first kappa shape index (κ1) is 14.2. The molecule has 0 aromatic heterocycles. The zero-order valence-corrected chi connectivity index (χ0v) is 11.8. The number of anilines is 1. The summed E-state index contributed by atoms with van der Waals surface area (Å²) in [5.74, 6) is -1.36. The summed E-state index contributed by atoms with van der Waals surface area (Å²) in [7, 11) is 0. The Balaban J connectivity index is 2.05. The number of ether oxygens (including phenoxy) is 1. The highest BCUT2D eigenvalue weighted by Gasteiger charge is 2.31. The minimum absolute atomic E-state index is 0.00659. The van der Waals surface area contributed by atoms with E-state index in [9.17, 15) is 13.6 Å². The topological polar surface area (TPSA) is 50.4 Å². The fraction of sp³-hybridized carbons (Fsp3) is 0.417. The Morgan fingerprint density at radius 2 is 2.16 bits per heavy atom. The number of benzene rings is 1. The van der Waals surface area contributed by atoms with Crippen molar-refractivity contribution in [1.82, 2.24) is 5.32 Å². The van der Waals surface area contributed by atoms with Gasteiger partial charge in [0.25, 0.3) is 0 Å². The van der Waals surface area contributed by atoms with Gasteiger partial charge in [-0.3, -0.25) is 0 Å². The van der Waals surface area contributed by atoms with Gasteiger partial charge in [-0.05, 0) is 35.3 Å². The molecule has 1 aliphatic rings. The number of amides is 2. The Labute approximate surface area is 117 Å². The van der Waals surface area contributed by atoms with Crippen molar-refractivity contribution >= 4 is 27.6 Å². The highest BCUT2D eigenvalue weighted by Crippen LogP contribution is 2.24. The molecule has 1 atom stereocenters. The molecule has 2 amide bonds. The van der Waals surface area contributed by atoms with E-state index in [1.165, 1.54) is 0 Å². The molecule has 0 bridgehead atoms. The second-order valence-corrected chi connectivity index (χ2v) is 5.54. The number of rotatable bonds is 2. The van der Waals surface area contributed by atoms with E-state index in [1.54, 1.807) is 0 Å². The zero-order valence-electron chi connectivity index (χ0n) is 10.2. The first-order valence-electron chi connectivity index (χ1n) is 5.71. The number of nitrogens with one attached hydrogen (secondary N) is 2. The van der Waals surface area contributed by atoms with Crippen molar-refractivity contribution in [2.75, 3.05) is 18.5 Å². The van der Waals surface area contributed by atoms with Gasteiger partial charge in [0, 0.05) is 12.7 Å². The number of hydrogen-bond donors (Lipinski definition) is 2. The fourth-order valence-electron chi connectivity index (χ4n) is 1.81. The van der Waals surface area contributed by atoms with Crippen LogP contribution in [0.25, 0.3) is 0 Å². The largest absolute Gasteiger partial charge is 0.379 e. The molecule has 1 aromatic carbocycles. The second-order valence-electron chi connectivity index (χ2n) is 4.69. The average Bonchev–Trinajstić information content (AvgIpc) is 2.72. The molecule has 104 valence electrons. The van der Waals surface area contributed by atoms with Crippen molar-refractivity contribution < 1.29 is 18.3 Å². The molecule has 7 heteroatoms. The van der Waals surface area contributed by atoms with Gasteiger partial charge in [-0.15, -0.1) is 0 Å². The van der Waals surface area contributed by atoms with E-state index in [-0.39, 0.29) is 10.2 Å². The van der Waals surface area contributed by atoms with Crippen LogP contribution >= 0.6 is 15.9 Å². The molecule has 1 aromatic rings. The van der Waals surface area contributed by atoms with Crippen molar-refractivity contribution in [3.8, 4) is 0 Å². The molecule has 0 spiro atoms. The van der Waals surface area contributed by atoms with Crippen LogP contribution < -0.4 is 10.6 Å². The molecular formula is C12H13BrF2N2O2. The van der Waals surface area contributed by atoms with Gasteiger partial charge in [0.05, 0.1) is 22.3 Å². The Morgan fingerprint density at radius 1 is 1.42 bits per heavy atom. The molecule has 0 aliphatic carbocycles. The molecule has 1 fully saturated rings. The number of carbonyl (C=O) groups excluding carboxylic acids is 1. The number of carbonyl (C=O) groups is 1. The molecule has 1 saturated heterocycles. The van der Waals surface area contributed by atoms with Crippen LogP contribution in [0.2, 0.25) is 0 Å². The van der Waals surface area contributed by atoms with Crippen LogP contribution in [0.15, 0.2) is 16.6 Å². The molecule has 1 heterocycles. The van der Waals surface area contributed by atoms with E-state index in [2.05, 4.69) is 26.6 Å². The van der Waals surface area contributed by atoms with Gasteiger partial charge in [-0.1, -0.05) is 0 Å². The molecule has 0 radical (unpaired) electrons. The maximum absolute atomic E-state index is 13.5. The monoisotopic (exact) mass is 334 g/mol. The lowest BCUT2D eigenvalue weighted by Gasteiger charge is -2.23. The van der Waals surface area contributed by atoms with Crippen LogP contribution in [0.3, 0.4) is 0 Å². The molecule has 0 unspecified atom stereocenters. The van der Waals surface area contributed by atoms with Gasteiger partial charge in [-0.2, -0.15) is 0 Å². The normalized spacial score (nSPS) is 22.3. The summed E-state index contributed by atoms with van der Waals surface area (Å²) in [5, 5.41) is 4.98. The molecule has 1 aliphatic heterocycles. The van der Waals surface area contributed by atoms with Crippen LogP contribution in [0, 0.1) is 11.6 Å². The van der Waals surface area contributed by atoms with E-state index in [0.717, 1.165) is 12.1 Å². The maximum Gasteiger partial charge on any atom is 0.319 e. The quantitative estimate of drug-likeness (QED) is 0.817. The van der Waals surface area contributed by atoms with Crippen LogP contribution in [-0.4, -0.2) is 24.8 Å². The Kier molecular flexibility index (Phi) is 4.05. The summed E-state index contributed by atoms with van der Waals surface area (Å²) in [5.41, 5.74) is -0.685. The van der Waals surface area contributed by atoms with Gasteiger partial charge < -0.3 is 15.4 Å². The molecule has 19 heavy (non-hydrogen) atoms. The maximum atomic E-state index is 13.5. The van der Waals surface area contributed by atoms with E-state index in [0.29, 0.717) is 19.6 Å². The fourth-order valence-corrected chi connectivity index (χ4v) is 2.13. The second kappa shape index (κ2) is 5.42. The van der Waals surface area contributed by atoms with Crippen molar-refractivity contribution in [3.05, 3.63) is 28.2 Å². The zero-order chi connectivity index (χ0) is 14.0. The summed E-state index contributed by atoms with van der Waals surface area (Å²) < 4.78 is 32.0. The predicted molar refractivity (Wildman–Crippen MR) is 70.1 cm³/mol. The average molecular weight is 335 g/mol. The minimum atomic E-state index is -0.712. The molecule has 0 saturated carbocycles. The lowest BCUT2D eigenvalue weighted by molar-refractivity contribution is 0.172. The summed E-state index contributed by atoms with van der Waals surface area (Å²) in [4.78, 5) is 11.7. The van der Waals surface area contributed by atoms with Crippen molar-refractivity contribution in [2.24, 2.45) is 0 Å². The summed E-state index contributed by atoms with van der Waals surface area (Å²) in [6, 6.07) is 1.30. The molecule has 4 nitrogen and oxygen atoms in total. The SMILES string of the molecule is C[C@@]1(NC(=O)Nc2cc(F)c(Br)cc2F)CCOC1. The minimum Gasteiger partial charge on any atom is -0.379 e. The number of hydrogen-bond acceptors (Lipinski definition) is 2. The van der Waals surface area contributed by atoms with Gasteiger partial charge in [-0.25, -0.2) is 13.6 Å². The van der Waals surface area contributed by atoms with E-state index < -0.39 is 23.2 Å². The van der Waals surface area contributed by atoms with Crippen LogP contribution in [0.1, 0.15) is 13.3 Å². The highest BCUT2D eigenvalue weighted by atomic mass is 79.9. The third kappa shape index (κ3) is 3.42. The molecule has 2 rings (SSSR count). The van der Waals surface area contributed by atoms with Crippen molar-refractivity contribution in [2.45, 2.75) is 18.9 Å². The first-order chi connectivity index (χ1) is 8.89. The van der Waals surface area contributed by atoms with Gasteiger partial charge in [0.1, 0.15) is 11.6 Å². The van der Waals surface area contributed by atoms with E-state index in [4.69, 9.17) is 4.74 Å². The number of urea groups is 1. The predicted octanol–water partition coefficient (Wildman–Crippen LogP) is 3.03. The lowest BCUT2D eigenvalue weighted by Crippen LogP contribution is -2.48. The van der Waals surface area contributed by atoms with Crippen molar-refractivity contribution in [3.63, 3.8) is 0 Å². The molecular weight excluding hydrogens is 322 g/mol. The Morgan fingerprint density at radius 3 is 2.79 bits per heavy atom. The van der Waals surface area contributed by atoms with Crippen molar-refractivity contribution in [1.29, 1.82) is 0 Å². The first-order valence-corrected chi connectivity index (χ1v) is 6.50. The van der Waals surface area contributed by atoms with Gasteiger partial charge in [0.2, 0.25) is 0 Å². The summed E-state index contributed by atoms with van der Waals surface area (Å²) >= 11 is 2.87.